The summed E-state index contributed by atoms with van der Waals surface area (Å²) in [5.41, 5.74) is 5.39. The lowest BCUT2D eigenvalue weighted by atomic mass is 10.2. The van der Waals surface area contributed by atoms with Gasteiger partial charge in [0, 0.05) is 24.7 Å². The number of aryl methyl sites for hydroxylation is 1. The number of pyridine rings is 1. The van der Waals surface area contributed by atoms with Crippen molar-refractivity contribution in [1.29, 1.82) is 0 Å². The number of anilines is 1. The third-order valence-electron chi connectivity index (χ3n) is 1.97. The van der Waals surface area contributed by atoms with Gasteiger partial charge in [-0.15, -0.1) is 0 Å². The van der Waals surface area contributed by atoms with Crippen molar-refractivity contribution < 1.29 is 9.72 Å². The van der Waals surface area contributed by atoms with Crippen molar-refractivity contribution in [2.45, 2.75) is 13.3 Å². The monoisotopic (exact) mass is 224 g/mol. The molecule has 0 spiro atoms. The van der Waals surface area contributed by atoms with Crippen molar-refractivity contribution in [2.75, 3.05) is 11.9 Å². The Labute approximate surface area is 91.8 Å². The molecule has 0 saturated carbocycles. The summed E-state index contributed by atoms with van der Waals surface area (Å²) in [6.07, 6.45) is 1.57. The topological polar surface area (TPSA) is 111 Å². The summed E-state index contributed by atoms with van der Waals surface area (Å²) in [6, 6.07) is 1.55. The Morgan fingerprint density at radius 1 is 1.69 bits per heavy atom. The Balaban J connectivity index is 2.83. The molecular formula is C9H12N4O3. The zero-order chi connectivity index (χ0) is 12.1. The highest BCUT2D eigenvalue weighted by Gasteiger charge is 2.17. The van der Waals surface area contributed by atoms with Crippen molar-refractivity contribution >= 4 is 17.4 Å². The zero-order valence-corrected chi connectivity index (χ0v) is 8.77. The standard InChI is InChI=1S/C9H12N4O3/c1-6-2-4-11-9(8(6)13(15)16)12-5-3-7(10)14/h2,4H,3,5H2,1H3,(H2,10,14)(H,11,12). The summed E-state index contributed by atoms with van der Waals surface area (Å²) in [5.74, 6) is -0.311. The summed E-state index contributed by atoms with van der Waals surface area (Å²) in [7, 11) is 0. The number of hydrogen-bond donors (Lipinski definition) is 2. The average Bonchev–Trinajstić information content (AvgIpc) is 2.16. The maximum Gasteiger partial charge on any atom is 0.314 e. The predicted molar refractivity (Wildman–Crippen MR) is 57.9 cm³/mol. The molecule has 16 heavy (non-hydrogen) atoms. The number of aromatic nitrogens is 1. The number of primary amides is 1. The normalized spacial score (nSPS) is 9.81. The minimum atomic E-state index is -0.505. The summed E-state index contributed by atoms with van der Waals surface area (Å²) < 4.78 is 0. The molecule has 0 aliphatic rings. The van der Waals surface area contributed by atoms with Gasteiger partial charge < -0.3 is 11.1 Å². The van der Waals surface area contributed by atoms with Crippen LogP contribution in [0.1, 0.15) is 12.0 Å². The van der Waals surface area contributed by atoms with E-state index in [0.717, 1.165) is 0 Å². The number of amides is 1. The third-order valence-corrected chi connectivity index (χ3v) is 1.97. The summed E-state index contributed by atoms with van der Waals surface area (Å²) in [4.78, 5) is 24.6. The summed E-state index contributed by atoms with van der Waals surface area (Å²) in [5, 5.41) is 13.5. The van der Waals surface area contributed by atoms with Crippen LogP contribution >= 0.6 is 0 Å². The first-order valence-electron chi connectivity index (χ1n) is 4.64. The number of hydrogen-bond acceptors (Lipinski definition) is 5. The molecule has 86 valence electrons. The van der Waals surface area contributed by atoms with Crippen molar-refractivity contribution in [1.82, 2.24) is 4.98 Å². The zero-order valence-electron chi connectivity index (χ0n) is 8.77. The average molecular weight is 224 g/mol. The van der Waals surface area contributed by atoms with Crippen LogP contribution in [0.2, 0.25) is 0 Å². The van der Waals surface area contributed by atoms with E-state index in [9.17, 15) is 14.9 Å². The van der Waals surface area contributed by atoms with Crippen LogP contribution in [0.4, 0.5) is 11.5 Å². The van der Waals surface area contributed by atoms with Gasteiger partial charge in [0.2, 0.25) is 11.7 Å². The number of nitrogens with one attached hydrogen (secondary N) is 1. The van der Waals surface area contributed by atoms with Gasteiger partial charge in [-0.25, -0.2) is 4.98 Å². The van der Waals surface area contributed by atoms with E-state index in [1.54, 1.807) is 13.0 Å². The van der Waals surface area contributed by atoms with Crippen LogP contribution in [0.5, 0.6) is 0 Å². The predicted octanol–water partition coefficient (Wildman–Crippen LogP) is 0.586. The first kappa shape index (κ1) is 11.9. The molecular weight excluding hydrogens is 212 g/mol. The highest BCUT2D eigenvalue weighted by atomic mass is 16.6. The van der Waals surface area contributed by atoms with E-state index in [1.165, 1.54) is 6.20 Å². The largest absolute Gasteiger partial charge is 0.370 e. The van der Waals surface area contributed by atoms with Gasteiger partial charge in [-0.05, 0) is 13.0 Å². The molecule has 0 fully saturated rings. The second kappa shape index (κ2) is 5.06. The van der Waals surface area contributed by atoms with E-state index in [2.05, 4.69) is 10.3 Å². The molecule has 1 heterocycles. The van der Waals surface area contributed by atoms with Gasteiger partial charge in [-0.3, -0.25) is 14.9 Å². The molecule has 3 N–H and O–H groups in total. The lowest BCUT2D eigenvalue weighted by molar-refractivity contribution is -0.384. The Bertz CT molecular complexity index is 419. The van der Waals surface area contributed by atoms with Crippen LogP contribution in [-0.4, -0.2) is 22.4 Å². The van der Waals surface area contributed by atoms with Crippen LogP contribution in [0.15, 0.2) is 12.3 Å². The Morgan fingerprint density at radius 2 is 2.38 bits per heavy atom. The van der Waals surface area contributed by atoms with E-state index in [1.807, 2.05) is 0 Å². The molecule has 0 atom stereocenters. The number of rotatable bonds is 5. The first-order chi connectivity index (χ1) is 7.52. The quantitative estimate of drug-likeness (QED) is 0.561. The highest BCUT2D eigenvalue weighted by molar-refractivity contribution is 5.74. The van der Waals surface area contributed by atoms with Crippen molar-refractivity contribution in [3.05, 3.63) is 27.9 Å². The molecule has 0 aromatic carbocycles. The molecule has 0 unspecified atom stereocenters. The fraction of sp³-hybridized carbons (Fsp3) is 0.333. The minimum Gasteiger partial charge on any atom is -0.370 e. The maximum atomic E-state index is 10.8. The SMILES string of the molecule is Cc1ccnc(NCCC(N)=O)c1[N+](=O)[O-]. The van der Waals surface area contributed by atoms with Gasteiger partial charge in [-0.1, -0.05) is 0 Å². The molecule has 7 nitrogen and oxygen atoms in total. The number of carbonyl (C=O) groups is 1. The second-order valence-corrected chi connectivity index (χ2v) is 3.23. The number of nitrogens with zero attached hydrogens (tertiary/aromatic N) is 2. The molecule has 0 radical (unpaired) electrons. The Kier molecular flexibility index (Phi) is 3.76. The minimum absolute atomic E-state index is 0.0769. The van der Waals surface area contributed by atoms with E-state index in [0.29, 0.717) is 5.56 Å². The molecule has 0 aliphatic carbocycles. The lowest BCUT2D eigenvalue weighted by Gasteiger charge is -2.05. The van der Waals surface area contributed by atoms with Crippen LogP contribution < -0.4 is 11.1 Å². The Hall–Kier alpha value is -2.18. The van der Waals surface area contributed by atoms with E-state index >= 15 is 0 Å². The number of nitrogens with two attached hydrogens (primary N) is 1. The molecule has 0 bridgehead atoms. The van der Waals surface area contributed by atoms with Gasteiger partial charge in [0.25, 0.3) is 0 Å². The van der Waals surface area contributed by atoms with Crippen molar-refractivity contribution in [3.8, 4) is 0 Å². The van der Waals surface area contributed by atoms with Gasteiger partial charge in [0.1, 0.15) is 0 Å². The van der Waals surface area contributed by atoms with Gasteiger partial charge in [0.15, 0.2) is 0 Å². The lowest BCUT2D eigenvalue weighted by Crippen LogP contribution is -2.16. The van der Waals surface area contributed by atoms with Gasteiger partial charge in [-0.2, -0.15) is 0 Å². The molecule has 1 rings (SSSR count). The van der Waals surface area contributed by atoms with Crippen LogP contribution in [-0.2, 0) is 4.79 Å². The number of nitro groups is 1. The highest BCUT2D eigenvalue weighted by Crippen LogP contribution is 2.25. The summed E-state index contributed by atoms with van der Waals surface area (Å²) in [6.45, 7) is 1.85. The molecule has 1 aromatic heterocycles. The van der Waals surface area contributed by atoms with Gasteiger partial charge in [0.05, 0.1) is 4.92 Å². The van der Waals surface area contributed by atoms with E-state index in [-0.39, 0.29) is 24.5 Å². The smallest absolute Gasteiger partial charge is 0.314 e. The maximum absolute atomic E-state index is 10.8. The Morgan fingerprint density at radius 3 is 2.94 bits per heavy atom. The van der Waals surface area contributed by atoms with E-state index < -0.39 is 10.8 Å². The van der Waals surface area contributed by atoms with Crippen LogP contribution in [0, 0.1) is 17.0 Å². The fourth-order valence-corrected chi connectivity index (χ4v) is 1.21. The van der Waals surface area contributed by atoms with Crippen LogP contribution in [0.25, 0.3) is 0 Å². The molecule has 1 amide bonds. The molecule has 7 heteroatoms. The first-order valence-corrected chi connectivity index (χ1v) is 4.64. The fourth-order valence-electron chi connectivity index (χ4n) is 1.21. The third kappa shape index (κ3) is 2.91. The molecule has 1 aromatic rings. The summed E-state index contributed by atoms with van der Waals surface area (Å²) >= 11 is 0. The van der Waals surface area contributed by atoms with Crippen molar-refractivity contribution in [2.24, 2.45) is 5.73 Å². The second-order valence-electron chi connectivity index (χ2n) is 3.23. The van der Waals surface area contributed by atoms with E-state index in [4.69, 9.17) is 5.73 Å². The van der Waals surface area contributed by atoms with Gasteiger partial charge >= 0.3 is 5.69 Å². The molecule has 0 aliphatic heterocycles. The van der Waals surface area contributed by atoms with Crippen molar-refractivity contribution in [3.63, 3.8) is 0 Å². The van der Waals surface area contributed by atoms with Crippen LogP contribution in [0.3, 0.4) is 0 Å². The molecule has 0 saturated heterocycles. The number of carbonyl (C=O) groups excluding carboxylic acids is 1.